The lowest BCUT2D eigenvalue weighted by atomic mass is 10.1. The van der Waals surface area contributed by atoms with Crippen LogP contribution in [0.15, 0.2) is 47.3 Å². The van der Waals surface area contributed by atoms with Gasteiger partial charge in [0.1, 0.15) is 6.04 Å². The molecule has 3 aromatic rings. The number of carbonyl (C=O) groups is 1. The second-order valence-electron chi connectivity index (χ2n) is 5.91. The van der Waals surface area contributed by atoms with Crippen molar-refractivity contribution < 1.29 is 4.79 Å². The Morgan fingerprint density at radius 2 is 1.79 bits per heavy atom. The van der Waals surface area contributed by atoms with Crippen molar-refractivity contribution in [2.75, 3.05) is 5.32 Å². The van der Waals surface area contributed by atoms with Gasteiger partial charge < -0.3 is 20.6 Å². The molecule has 1 amide bonds. The summed E-state index contributed by atoms with van der Waals surface area (Å²) in [4.78, 5) is 28.9. The van der Waals surface area contributed by atoms with Gasteiger partial charge in [0, 0.05) is 12.2 Å². The van der Waals surface area contributed by atoms with Crippen LogP contribution in [0.5, 0.6) is 0 Å². The van der Waals surface area contributed by atoms with E-state index in [1.165, 1.54) is 5.56 Å². The van der Waals surface area contributed by atoms with Crippen molar-refractivity contribution in [1.82, 2.24) is 15.3 Å². The lowest BCUT2D eigenvalue weighted by Crippen LogP contribution is -2.37. The van der Waals surface area contributed by atoms with E-state index in [0.29, 0.717) is 12.1 Å². The molecule has 1 atom stereocenters. The van der Waals surface area contributed by atoms with E-state index < -0.39 is 6.04 Å². The van der Waals surface area contributed by atoms with Gasteiger partial charge in [-0.05, 0) is 37.6 Å². The number of anilines is 1. The quantitative estimate of drug-likeness (QED) is 0.580. The molecule has 1 unspecified atom stereocenters. The minimum atomic E-state index is -0.390. The molecule has 3 rings (SSSR count). The van der Waals surface area contributed by atoms with E-state index in [2.05, 4.69) is 20.6 Å². The summed E-state index contributed by atoms with van der Waals surface area (Å²) < 4.78 is 0. The molecule has 4 N–H and O–H groups in total. The number of fused-ring (bicyclic) bond motifs is 1. The highest BCUT2D eigenvalue weighted by Gasteiger charge is 2.12. The maximum atomic E-state index is 12.2. The maximum absolute atomic E-state index is 12.2. The summed E-state index contributed by atoms with van der Waals surface area (Å²) in [5.41, 5.74) is 4.23. The minimum Gasteiger partial charge on any atom is -0.374 e. The molecular weight excluding hydrogens is 304 g/mol. The number of imidazole rings is 1. The van der Waals surface area contributed by atoms with E-state index in [0.717, 1.165) is 16.8 Å². The Morgan fingerprint density at radius 1 is 1.08 bits per heavy atom. The Balaban J connectivity index is 1.60. The first-order chi connectivity index (χ1) is 11.5. The fourth-order valence-corrected chi connectivity index (χ4v) is 2.49. The summed E-state index contributed by atoms with van der Waals surface area (Å²) in [5.74, 6) is -0.0850. The molecule has 0 fully saturated rings. The molecule has 0 bridgehead atoms. The molecular formula is C18H20N4O2. The zero-order chi connectivity index (χ0) is 17.1. The van der Waals surface area contributed by atoms with E-state index in [-0.39, 0.29) is 11.6 Å². The zero-order valence-corrected chi connectivity index (χ0v) is 13.6. The van der Waals surface area contributed by atoms with E-state index in [1.54, 1.807) is 19.1 Å². The Bertz CT molecular complexity index is 909. The zero-order valence-electron chi connectivity index (χ0n) is 13.6. The van der Waals surface area contributed by atoms with Crippen LogP contribution in [0.1, 0.15) is 18.1 Å². The Morgan fingerprint density at radius 3 is 2.54 bits per heavy atom. The third-order valence-corrected chi connectivity index (χ3v) is 3.88. The molecule has 0 aliphatic rings. The molecule has 0 saturated heterocycles. The molecule has 0 radical (unpaired) electrons. The SMILES string of the molecule is Cc1ccc(CNC(=O)C(C)Nc2ccc3[nH]c(=O)[nH]c3c2)cc1. The summed E-state index contributed by atoms with van der Waals surface area (Å²) in [6.45, 7) is 4.33. The third-order valence-electron chi connectivity index (χ3n) is 3.88. The van der Waals surface area contributed by atoms with Crippen molar-refractivity contribution in [3.8, 4) is 0 Å². The first kappa shape index (κ1) is 15.9. The van der Waals surface area contributed by atoms with Gasteiger partial charge in [-0.2, -0.15) is 0 Å². The summed E-state index contributed by atoms with van der Waals surface area (Å²) in [5, 5.41) is 6.05. The van der Waals surface area contributed by atoms with Gasteiger partial charge in [-0.15, -0.1) is 0 Å². The minimum absolute atomic E-state index is 0.0850. The number of aromatic nitrogens is 2. The van der Waals surface area contributed by atoms with Crippen LogP contribution in [0.4, 0.5) is 5.69 Å². The predicted octanol–water partition coefficient (Wildman–Crippen LogP) is 2.28. The van der Waals surface area contributed by atoms with Gasteiger partial charge in [-0.25, -0.2) is 4.79 Å². The normalized spacial score (nSPS) is 12.1. The van der Waals surface area contributed by atoms with Crippen LogP contribution < -0.4 is 16.3 Å². The van der Waals surface area contributed by atoms with E-state index in [4.69, 9.17) is 0 Å². The van der Waals surface area contributed by atoms with Crippen molar-refractivity contribution in [3.63, 3.8) is 0 Å². The number of amides is 1. The van der Waals surface area contributed by atoms with Crippen molar-refractivity contribution in [3.05, 3.63) is 64.1 Å². The smallest absolute Gasteiger partial charge is 0.323 e. The lowest BCUT2D eigenvalue weighted by Gasteiger charge is -2.15. The molecule has 1 aromatic heterocycles. The molecule has 124 valence electrons. The van der Waals surface area contributed by atoms with Crippen LogP contribution in [-0.4, -0.2) is 21.9 Å². The second kappa shape index (κ2) is 6.62. The number of aromatic amines is 2. The molecule has 24 heavy (non-hydrogen) atoms. The average molecular weight is 324 g/mol. The predicted molar refractivity (Wildman–Crippen MR) is 95.0 cm³/mol. The number of nitrogens with one attached hydrogen (secondary N) is 4. The van der Waals surface area contributed by atoms with Gasteiger partial charge in [0.05, 0.1) is 11.0 Å². The fourth-order valence-electron chi connectivity index (χ4n) is 2.49. The summed E-state index contributed by atoms with van der Waals surface area (Å²) in [7, 11) is 0. The van der Waals surface area contributed by atoms with Crippen LogP contribution in [0.2, 0.25) is 0 Å². The first-order valence-electron chi connectivity index (χ1n) is 7.83. The van der Waals surface area contributed by atoms with E-state index in [1.807, 2.05) is 37.3 Å². The first-order valence-corrected chi connectivity index (χ1v) is 7.83. The van der Waals surface area contributed by atoms with Crippen LogP contribution in [-0.2, 0) is 11.3 Å². The number of benzene rings is 2. The molecule has 1 heterocycles. The van der Waals surface area contributed by atoms with Crippen LogP contribution >= 0.6 is 0 Å². The number of rotatable bonds is 5. The molecule has 6 heteroatoms. The van der Waals surface area contributed by atoms with Crippen molar-refractivity contribution in [2.45, 2.75) is 26.4 Å². The van der Waals surface area contributed by atoms with Crippen molar-refractivity contribution in [2.24, 2.45) is 0 Å². The molecule has 2 aromatic carbocycles. The summed E-state index contributed by atoms with van der Waals surface area (Å²) >= 11 is 0. The summed E-state index contributed by atoms with van der Waals surface area (Å²) in [6, 6.07) is 13.1. The standard InChI is InChI=1S/C18H20N4O2/c1-11-3-5-13(6-4-11)10-19-17(23)12(2)20-14-7-8-15-16(9-14)22-18(24)21-15/h3-9,12,20H,10H2,1-2H3,(H,19,23)(H2,21,22,24). The lowest BCUT2D eigenvalue weighted by molar-refractivity contribution is -0.121. The van der Waals surface area contributed by atoms with Gasteiger partial charge in [0.2, 0.25) is 5.91 Å². The third kappa shape index (κ3) is 3.65. The highest BCUT2D eigenvalue weighted by Crippen LogP contribution is 2.15. The summed E-state index contributed by atoms with van der Waals surface area (Å²) in [6.07, 6.45) is 0. The molecule has 0 aliphatic carbocycles. The monoisotopic (exact) mass is 324 g/mol. The van der Waals surface area contributed by atoms with E-state index in [9.17, 15) is 9.59 Å². The number of hydrogen-bond donors (Lipinski definition) is 4. The van der Waals surface area contributed by atoms with E-state index >= 15 is 0 Å². The Labute approximate surface area is 139 Å². The molecule has 0 saturated carbocycles. The molecule has 0 spiro atoms. The topological polar surface area (TPSA) is 89.8 Å². The van der Waals surface area contributed by atoms with Crippen molar-refractivity contribution in [1.29, 1.82) is 0 Å². The van der Waals surface area contributed by atoms with Gasteiger partial charge in [-0.1, -0.05) is 29.8 Å². The number of H-pyrrole nitrogens is 2. The van der Waals surface area contributed by atoms with Crippen LogP contribution in [0.25, 0.3) is 11.0 Å². The van der Waals surface area contributed by atoms with Gasteiger partial charge in [0.15, 0.2) is 0 Å². The Hall–Kier alpha value is -3.02. The number of hydrogen-bond acceptors (Lipinski definition) is 3. The van der Waals surface area contributed by atoms with Gasteiger partial charge in [-0.3, -0.25) is 4.79 Å². The van der Waals surface area contributed by atoms with Crippen LogP contribution in [0.3, 0.4) is 0 Å². The molecule has 6 nitrogen and oxygen atoms in total. The molecule has 0 aliphatic heterocycles. The largest absolute Gasteiger partial charge is 0.374 e. The second-order valence-corrected chi connectivity index (χ2v) is 5.91. The highest BCUT2D eigenvalue weighted by atomic mass is 16.2. The van der Waals surface area contributed by atoms with Gasteiger partial charge >= 0.3 is 5.69 Å². The highest BCUT2D eigenvalue weighted by molar-refractivity contribution is 5.85. The van der Waals surface area contributed by atoms with Crippen LogP contribution in [0, 0.1) is 6.92 Å². The Kier molecular flexibility index (Phi) is 4.37. The number of carbonyl (C=O) groups excluding carboxylic acids is 1. The van der Waals surface area contributed by atoms with Crippen molar-refractivity contribution >= 4 is 22.6 Å². The maximum Gasteiger partial charge on any atom is 0.323 e. The van der Waals surface area contributed by atoms with Gasteiger partial charge in [0.25, 0.3) is 0 Å². The average Bonchev–Trinajstić information content (AvgIpc) is 2.93. The fraction of sp³-hybridized carbons (Fsp3) is 0.222. The number of aryl methyl sites for hydroxylation is 1.